The summed E-state index contributed by atoms with van der Waals surface area (Å²) < 4.78 is 19.3. The highest BCUT2D eigenvalue weighted by atomic mass is 19.1. The summed E-state index contributed by atoms with van der Waals surface area (Å²) in [5.41, 5.74) is 4.83. The molecular weight excluding hydrogens is 521 g/mol. The van der Waals surface area contributed by atoms with Crippen LogP contribution in [0, 0.1) is 11.7 Å². The maximum Gasteiger partial charge on any atom is 0.255 e. The molecule has 1 atom stereocenters. The summed E-state index contributed by atoms with van der Waals surface area (Å²) in [7, 11) is 0. The molecule has 2 fully saturated rings. The number of nitrogens with one attached hydrogen (secondary N) is 1. The average Bonchev–Trinajstić information content (AvgIpc) is 3.31. The number of halogens is 1. The van der Waals surface area contributed by atoms with Crippen molar-refractivity contribution in [3.8, 4) is 5.75 Å². The molecule has 3 heterocycles. The van der Waals surface area contributed by atoms with Gasteiger partial charge in [0.2, 0.25) is 11.8 Å². The van der Waals surface area contributed by atoms with Crippen molar-refractivity contribution in [2.75, 3.05) is 13.1 Å². The lowest BCUT2D eigenvalue weighted by Crippen LogP contribution is -2.52. The van der Waals surface area contributed by atoms with Gasteiger partial charge in [-0.2, -0.15) is 0 Å². The van der Waals surface area contributed by atoms with Gasteiger partial charge in [-0.3, -0.25) is 24.6 Å². The first-order valence-corrected chi connectivity index (χ1v) is 14.4. The molecule has 0 radical (unpaired) electrons. The number of hydrogen-bond donors (Lipinski definition) is 1. The van der Waals surface area contributed by atoms with Crippen molar-refractivity contribution >= 4 is 17.7 Å². The first kappa shape index (κ1) is 27.1. The monoisotopic (exact) mass is 555 g/mol. The maximum absolute atomic E-state index is 13.2. The summed E-state index contributed by atoms with van der Waals surface area (Å²) in [6, 6.07) is 20.1. The van der Waals surface area contributed by atoms with Crippen LogP contribution in [0.3, 0.4) is 0 Å². The van der Waals surface area contributed by atoms with Crippen LogP contribution in [-0.4, -0.2) is 46.7 Å². The number of ether oxygens (including phenoxy) is 1. The van der Waals surface area contributed by atoms with E-state index in [-0.39, 0.29) is 30.6 Å². The van der Waals surface area contributed by atoms with Crippen LogP contribution >= 0.6 is 0 Å². The predicted molar refractivity (Wildman–Crippen MR) is 151 cm³/mol. The Labute approximate surface area is 239 Å². The highest BCUT2D eigenvalue weighted by molar-refractivity contribution is 6.05. The zero-order chi connectivity index (χ0) is 28.3. The van der Waals surface area contributed by atoms with Gasteiger partial charge in [-0.1, -0.05) is 42.5 Å². The van der Waals surface area contributed by atoms with E-state index >= 15 is 0 Å². The van der Waals surface area contributed by atoms with Gasteiger partial charge in [0.25, 0.3) is 5.91 Å². The van der Waals surface area contributed by atoms with Gasteiger partial charge in [0.1, 0.15) is 24.2 Å². The Morgan fingerprint density at radius 3 is 2.29 bits per heavy atom. The molecule has 0 saturated carbocycles. The lowest BCUT2D eigenvalue weighted by Gasteiger charge is -2.32. The smallest absolute Gasteiger partial charge is 0.255 e. The third-order valence-corrected chi connectivity index (χ3v) is 8.51. The molecule has 3 aliphatic rings. The molecule has 1 unspecified atom stereocenters. The molecule has 1 N–H and O–H groups in total. The Bertz CT molecular complexity index is 1430. The molecule has 3 amide bonds. The lowest BCUT2D eigenvalue weighted by molar-refractivity contribution is -0.136. The van der Waals surface area contributed by atoms with Crippen LogP contribution in [0.1, 0.15) is 58.3 Å². The van der Waals surface area contributed by atoms with Gasteiger partial charge in [-0.25, -0.2) is 4.39 Å². The SMILES string of the molecule is O=C1CCC(N2Cc3c(OCc4ccc(CN5CCC(Cc6ccc(F)cc6)CC5)cc4)cccc3C2=O)C(=O)N1. The molecule has 212 valence electrons. The van der Waals surface area contributed by atoms with Crippen LogP contribution in [-0.2, 0) is 35.7 Å². The predicted octanol–water partition coefficient (Wildman–Crippen LogP) is 4.62. The molecule has 0 aromatic heterocycles. The number of piperidine rings is 2. The van der Waals surface area contributed by atoms with Gasteiger partial charge in [-0.05, 0) is 85.6 Å². The molecule has 3 aromatic carbocycles. The molecular formula is C33H34FN3O4. The quantitative estimate of drug-likeness (QED) is 0.411. The third kappa shape index (κ3) is 6.17. The first-order chi connectivity index (χ1) is 19.9. The summed E-state index contributed by atoms with van der Waals surface area (Å²) in [5, 5.41) is 2.34. The Kier molecular flexibility index (Phi) is 7.83. The van der Waals surface area contributed by atoms with Crippen LogP contribution in [0.25, 0.3) is 0 Å². The van der Waals surface area contributed by atoms with Crippen molar-refractivity contribution in [1.29, 1.82) is 0 Å². The minimum absolute atomic E-state index is 0.181. The van der Waals surface area contributed by atoms with Crippen LogP contribution in [0.15, 0.2) is 66.7 Å². The van der Waals surface area contributed by atoms with E-state index < -0.39 is 11.9 Å². The molecule has 41 heavy (non-hydrogen) atoms. The van der Waals surface area contributed by atoms with E-state index in [1.54, 1.807) is 29.2 Å². The van der Waals surface area contributed by atoms with Crippen LogP contribution in [0.5, 0.6) is 5.75 Å². The number of rotatable bonds is 8. The number of nitrogens with zero attached hydrogens (tertiary/aromatic N) is 2. The number of fused-ring (bicyclic) bond motifs is 1. The lowest BCUT2D eigenvalue weighted by atomic mass is 9.90. The van der Waals surface area contributed by atoms with Crippen molar-refractivity contribution in [3.05, 3.63) is 100 Å². The molecule has 6 rings (SSSR count). The van der Waals surface area contributed by atoms with Crippen molar-refractivity contribution < 1.29 is 23.5 Å². The van der Waals surface area contributed by atoms with Crippen LogP contribution < -0.4 is 10.1 Å². The standard InChI is InChI=1S/C33H34FN3O4/c34-26-10-8-22(9-11-26)18-23-14-16-36(17-15-23)19-24-4-6-25(7-5-24)21-41-30-3-1-2-27-28(30)20-37(33(27)40)29-12-13-31(38)35-32(29)39/h1-11,23,29H,12-21H2,(H,35,38,39). The molecule has 0 aliphatic carbocycles. The fourth-order valence-electron chi connectivity index (χ4n) is 6.16. The molecule has 8 heteroatoms. The van der Waals surface area contributed by atoms with E-state index in [0.29, 0.717) is 30.3 Å². The number of carbonyl (C=O) groups is 3. The van der Waals surface area contributed by atoms with Crippen LogP contribution in [0.2, 0.25) is 0 Å². The Morgan fingerprint density at radius 1 is 0.854 bits per heavy atom. The zero-order valence-corrected chi connectivity index (χ0v) is 23.0. The molecule has 0 bridgehead atoms. The minimum atomic E-state index is -0.645. The molecule has 2 saturated heterocycles. The Balaban J connectivity index is 1.00. The van der Waals surface area contributed by atoms with E-state index in [1.807, 2.05) is 18.2 Å². The van der Waals surface area contributed by atoms with E-state index in [4.69, 9.17) is 4.74 Å². The topological polar surface area (TPSA) is 79.0 Å². The number of benzene rings is 3. The summed E-state index contributed by atoms with van der Waals surface area (Å²) in [4.78, 5) is 41.0. The largest absolute Gasteiger partial charge is 0.489 e. The highest BCUT2D eigenvalue weighted by Gasteiger charge is 2.40. The van der Waals surface area contributed by atoms with Crippen molar-refractivity contribution in [2.45, 2.75) is 57.8 Å². The van der Waals surface area contributed by atoms with Crippen LogP contribution in [0.4, 0.5) is 4.39 Å². The van der Waals surface area contributed by atoms with E-state index in [0.717, 1.165) is 50.0 Å². The van der Waals surface area contributed by atoms with Gasteiger partial charge >= 0.3 is 0 Å². The van der Waals surface area contributed by atoms with E-state index in [2.05, 4.69) is 34.5 Å². The normalized spacial score (nSPS) is 19.8. The second-order valence-electron chi connectivity index (χ2n) is 11.3. The fourth-order valence-corrected chi connectivity index (χ4v) is 6.16. The highest BCUT2D eigenvalue weighted by Crippen LogP contribution is 2.34. The minimum Gasteiger partial charge on any atom is -0.489 e. The fraction of sp³-hybridized carbons (Fsp3) is 0.364. The summed E-state index contributed by atoms with van der Waals surface area (Å²) in [6.07, 6.45) is 3.87. The second kappa shape index (κ2) is 11.8. The maximum atomic E-state index is 13.2. The zero-order valence-electron chi connectivity index (χ0n) is 23.0. The number of carbonyl (C=O) groups excluding carboxylic acids is 3. The van der Waals surface area contributed by atoms with Gasteiger partial charge in [0, 0.05) is 24.1 Å². The van der Waals surface area contributed by atoms with Crippen molar-refractivity contribution in [1.82, 2.24) is 15.1 Å². The summed E-state index contributed by atoms with van der Waals surface area (Å²) >= 11 is 0. The Morgan fingerprint density at radius 2 is 1.56 bits per heavy atom. The van der Waals surface area contributed by atoms with Gasteiger partial charge < -0.3 is 9.64 Å². The molecule has 3 aliphatic heterocycles. The third-order valence-electron chi connectivity index (χ3n) is 8.51. The second-order valence-corrected chi connectivity index (χ2v) is 11.3. The van der Waals surface area contributed by atoms with Crippen molar-refractivity contribution in [3.63, 3.8) is 0 Å². The average molecular weight is 556 g/mol. The molecule has 7 nitrogen and oxygen atoms in total. The number of imide groups is 1. The summed E-state index contributed by atoms with van der Waals surface area (Å²) in [6.45, 7) is 3.69. The number of likely N-dealkylation sites (tertiary alicyclic amines) is 1. The van der Waals surface area contributed by atoms with Gasteiger partial charge in [0.15, 0.2) is 0 Å². The van der Waals surface area contributed by atoms with E-state index in [1.165, 1.54) is 11.1 Å². The van der Waals surface area contributed by atoms with E-state index in [9.17, 15) is 18.8 Å². The number of amides is 3. The first-order valence-electron chi connectivity index (χ1n) is 14.4. The van der Waals surface area contributed by atoms with Gasteiger partial charge in [-0.15, -0.1) is 0 Å². The molecule has 3 aromatic rings. The van der Waals surface area contributed by atoms with Crippen molar-refractivity contribution in [2.24, 2.45) is 5.92 Å². The molecule has 0 spiro atoms. The number of hydrogen-bond acceptors (Lipinski definition) is 5. The van der Waals surface area contributed by atoms with Gasteiger partial charge in [0.05, 0.1) is 6.54 Å². The summed E-state index contributed by atoms with van der Waals surface area (Å²) in [5.74, 6) is 0.177. The Hall–Kier alpha value is -4.04.